The van der Waals surface area contributed by atoms with Crippen LogP contribution in [-0.2, 0) is 0 Å². The molecule has 1 fully saturated rings. The SMILES string of the molecule is OCCOc1ccc(N2C=c3ccsc3=C(N3CCN(CCO)CC3)C2)cc1. The van der Waals surface area contributed by atoms with Gasteiger partial charge in [0.25, 0.3) is 0 Å². The standard InChI is InChI=1S/C21H27N3O3S/c25-11-10-22-6-8-23(9-7-22)20-16-24(15-17-5-14-28-21(17)20)18-1-3-19(4-2-18)27-13-12-26/h1-5,14-15,25-26H,6-13,16H2. The molecule has 3 heterocycles. The summed E-state index contributed by atoms with van der Waals surface area (Å²) in [5, 5.41) is 21.5. The molecule has 0 unspecified atom stereocenters. The Kier molecular flexibility index (Phi) is 6.17. The summed E-state index contributed by atoms with van der Waals surface area (Å²) >= 11 is 1.81. The minimum Gasteiger partial charge on any atom is -0.491 e. The molecule has 2 aliphatic rings. The number of piperazine rings is 1. The number of nitrogens with zero attached hydrogens (tertiary/aromatic N) is 3. The Morgan fingerprint density at radius 1 is 0.964 bits per heavy atom. The molecule has 1 aromatic heterocycles. The van der Waals surface area contributed by atoms with Gasteiger partial charge in [0.05, 0.1) is 30.0 Å². The Balaban J connectivity index is 1.53. The molecule has 4 rings (SSSR count). The number of aliphatic hydroxyl groups is 2. The van der Waals surface area contributed by atoms with Gasteiger partial charge in [-0.3, -0.25) is 4.90 Å². The van der Waals surface area contributed by atoms with E-state index in [1.165, 1.54) is 15.4 Å². The second-order valence-corrected chi connectivity index (χ2v) is 7.94. The van der Waals surface area contributed by atoms with Gasteiger partial charge in [0.2, 0.25) is 0 Å². The van der Waals surface area contributed by atoms with Crippen LogP contribution in [-0.4, -0.2) is 79.1 Å². The smallest absolute Gasteiger partial charge is 0.119 e. The van der Waals surface area contributed by atoms with Crippen LogP contribution in [0, 0.1) is 0 Å². The normalized spacial score (nSPS) is 17.4. The quantitative estimate of drug-likeness (QED) is 0.686. The highest BCUT2D eigenvalue weighted by Crippen LogP contribution is 2.23. The number of hydrogen-bond acceptors (Lipinski definition) is 7. The van der Waals surface area contributed by atoms with Crippen LogP contribution < -0.4 is 19.4 Å². The average Bonchev–Trinajstić information content (AvgIpc) is 3.21. The first kappa shape index (κ1) is 19.3. The summed E-state index contributed by atoms with van der Waals surface area (Å²) in [4.78, 5) is 7.12. The van der Waals surface area contributed by atoms with E-state index >= 15 is 0 Å². The molecule has 2 N–H and O–H groups in total. The maximum atomic E-state index is 9.17. The molecule has 0 saturated carbocycles. The summed E-state index contributed by atoms with van der Waals surface area (Å²) in [6, 6.07) is 10.2. The Hall–Kier alpha value is -2.06. The number of β-amino-alcohol motifs (C(OH)–C–C–N with tert-alkyl or cyclic N) is 1. The van der Waals surface area contributed by atoms with Crippen molar-refractivity contribution in [3.8, 4) is 5.75 Å². The molecule has 0 spiro atoms. The van der Waals surface area contributed by atoms with Crippen molar-refractivity contribution in [2.45, 2.75) is 0 Å². The van der Waals surface area contributed by atoms with Gasteiger partial charge in [-0.25, -0.2) is 0 Å². The zero-order valence-corrected chi connectivity index (χ0v) is 16.8. The predicted molar refractivity (Wildman–Crippen MR) is 113 cm³/mol. The minimum atomic E-state index is 0.0203. The highest BCUT2D eigenvalue weighted by molar-refractivity contribution is 7.07. The lowest BCUT2D eigenvalue weighted by Gasteiger charge is -2.39. The van der Waals surface area contributed by atoms with Crippen molar-refractivity contribution in [2.24, 2.45) is 0 Å². The van der Waals surface area contributed by atoms with Crippen LogP contribution in [0.5, 0.6) is 5.75 Å². The fraction of sp³-hybridized carbons (Fsp3) is 0.429. The summed E-state index contributed by atoms with van der Waals surface area (Å²) in [7, 11) is 0. The first-order valence-electron chi connectivity index (χ1n) is 9.75. The maximum Gasteiger partial charge on any atom is 0.119 e. The summed E-state index contributed by atoms with van der Waals surface area (Å²) in [5.41, 5.74) is 2.52. The monoisotopic (exact) mass is 401 g/mol. The number of ether oxygens (including phenoxy) is 1. The van der Waals surface area contributed by atoms with Gasteiger partial charge < -0.3 is 24.7 Å². The Morgan fingerprint density at radius 3 is 2.46 bits per heavy atom. The van der Waals surface area contributed by atoms with Crippen molar-refractivity contribution in [3.05, 3.63) is 45.5 Å². The van der Waals surface area contributed by atoms with Crippen molar-refractivity contribution in [3.63, 3.8) is 0 Å². The van der Waals surface area contributed by atoms with Crippen LogP contribution in [0.15, 0.2) is 35.7 Å². The second kappa shape index (κ2) is 8.96. The van der Waals surface area contributed by atoms with E-state index in [-0.39, 0.29) is 13.2 Å². The lowest BCUT2D eigenvalue weighted by atomic mass is 10.2. The van der Waals surface area contributed by atoms with Crippen LogP contribution in [0.4, 0.5) is 5.69 Å². The van der Waals surface area contributed by atoms with Gasteiger partial charge in [-0.15, -0.1) is 11.3 Å². The summed E-state index contributed by atoms with van der Waals surface area (Å²) < 4.78 is 6.84. The molecule has 28 heavy (non-hydrogen) atoms. The third kappa shape index (κ3) is 4.17. The van der Waals surface area contributed by atoms with Crippen LogP contribution >= 0.6 is 11.3 Å². The summed E-state index contributed by atoms with van der Waals surface area (Å²) in [5.74, 6) is 0.773. The zero-order valence-electron chi connectivity index (χ0n) is 16.0. The van der Waals surface area contributed by atoms with Crippen molar-refractivity contribution >= 4 is 28.9 Å². The van der Waals surface area contributed by atoms with E-state index in [9.17, 15) is 5.11 Å². The van der Waals surface area contributed by atoms with Crippen molar-refractivity contribution in [1.82, 2.24) is 9.80 Å². The fourth-order valence-corrected chi connectivity index (χ4v) is 4.73. The van der Waals surface area contributed by atoms with E-state index in [0.29, 0.717) is 6.61 Å². The molecule has 2 aliphatic heterocycles. The number of anilines is 1. The van der Waals surface area contributed by atoms with E-state index in [4.69, 9.17) is 9.84 Å². The molecule has 0 radical (unpaired) electrons. The van der Waals surface area contributed by atoms with E-state index in [2.05, 4.69) is 44.5 Å². The Morgan fingerprint density at radius 2 is 1.75 bits per heavy atom. The minimum absolute atomic E-state index is 0.0203. The fourth-order valence-electron chi connectivity index (χ4n) is 3.79. The van der Waals surface area contributed by atoms with Crippen molar-refractivity contribution in [1.29, 1.82) is 0 Å². The zero-order chi connectivity index (χ0) is 19.3. The summed E-state index contributed by atoms with van der Waals surface area (Å²) in [6.45, 7) is 6.15. The molecule has 7 heteroatoms. The molecule has 0 atom stereocenters. The van der Waals surface area contributed by atoms with Crippen molar-refractivity contribution < 1.29 is 14.9 Å². The molecule has 1 aromatic carbocycles. The first-order valence-corrected chi connectivity index (χ1v) is 10.6. The van der Waals surface area contributed by atoms with Gasteiger partial charge in [-0.1, -0.05) is 0 Å². The lowest BCUT2D eigenvalue weighted by Crippen LogP contribution is -2.50. The van der Waals surface area contributed by atoms with Crippen LogP contribution in [0.2, 0.25) is 0 Å². The lowest BCUT2D eigenvalue weighted by molar-refractivity contribution is 0.141. The molecule has 6 nitrogen and oxygen atoms in total. The number of aliphatic hydroxyl groups excluding tert-OH is 2. The molecule has 1 saturated heterocycles. The van der Waals surface area contributed by atoms with Crippen LogP contribution in [0.25, 0.3) is 11.9 Å². The van der Waals surface area contributed by atoms with Crippen LogP contribution in [0.1, 0.15) is 0 Å². The van der Waals surface area contributed by atoms with Gasteiger partial charge in [0, 0.05) is 49.8 Å². The highest BCUT2D eigenvalue weighted by atomic mass is 32.1. The van der Waals surface area contributed by atoms with Gasteiger partial charge in [0.1, 0.15) is 12.4 Å². The molecule has 150 valence electrons. The molecular weight excluding hydrogens is 374 g/mol. The average molecular weight is 402 g/mol. The van der Waals surface area contributed by atoms with E-state index in [0.717, 1.165) is 50.7 Å². The van der Waals surface area contributed by atoms with Gasteiger partial charge in [0.15, 0.2) is 0 Å². The van der Waals surface area contributed by atoms with Crippen molar-refractivity contribution in [2.75, 3.05) is 64.0 Å². The second-order valence-electron chi connectivity index (χ2n) is 7.03. The highest BCUT2D eigenvalue weighted by Gasteiger charge is 2.23. The third-order valence-corrected chi connectivity index (χ3v) is 6.25. The molecular formula is C21H27N3O3S. The maximum absolute atomic E-state index is 9.17. The predicted octanol–water partition coefficient (Wildman–Crippen LogP) is 0.0955. The third-order valence-electron chi connectivity index (χ3n) is 5.27. The number of rotatable bonds is 7. The Labute approximate surface area is 169 Å². The van der Waals surface area contributed by atoms with Gasteiger partial charge >= 0.3 is 0 Å². The number of fused-ring (bicyclic) bond motifs is 1. The van der Waals surface area contributed by atoms with E-state index in [1.54, 1.807) is 0 Å². The van der Waals surface area contributed by atoms with E-state index in [1.807, 2.05) is 23.5 Å². The first-order chi connectivity index (χ1) is 13.8. The van der Waals surface area contributed by atoms with Gasteiger partial charge in [-0.05, 0) is 35.7 Å². The molecule has 2 aromatic rings. The molecule has 0 bridgehead atoms. The van der Waals surface area contributed by atoms with Crippen LogP contribution in [0.3, 0.4) is 0 Å². The Bertz CT molecular complexity index is 888. The van der Waals surface area contributed by atoms with E-state index < -0.39 is 0 Å². The molecule has 0 amide bonds. The number of thiophene rings is 1. The summed E-state index contributed by atoms with van der Waals surface area (Å²) in [6.07, 6.45) is 2.22. The molecule has 0 aliphatic carbocycles. The van der Waals surface area contributed by atoms with Gasteiger partial charge in [-0.2, -0.15) is 0 Å². The number of benzene rings is 1. The topological polar surface area (TPSA) is 59.4 Å². The largest absolute Gasteiger partial charge is 0.491 e. The number of hydrogen-bond donors (Lipinski definition) is 2.